The van der Waals surface area contributed by atoms with Crippen molar-refractivity contribution in [3.8, 4) is 0 Å². The van der Waals surface area contributed by atoms with Crippen molar-refractivity contribution < 1.29 is 4.79 Å². The van der Waals surface area contributed by atoms with Crippen LogP contribution in [0.15, 0.2) is 22.7 Å². The molecule has 0 spiro atoms. The van der Waals surface area contributed by atoms with Crippen molar-refractivity contribution >= 4 is 21.7 Å². The summed E-state index contributed by atoms with van der Waals surface area (Å²) in [5, 5.41) is 4.55. The summed E-state index contributed by atoms with van der Waals surface area (Å²) >= 11 is 3.60. The van der Waals surface area contributed by atoms with E-state index in [0.717, 1.165) is 40.0 Å². The number of carbonyl (C=O) groups is 1. The number of hydrogen-bond donors (Lipinski definition) is 0. The number of halogens is 1. The first-order valence-corrected chi connectivity index (χ1v) is 8.11. The molecule has 112 valence electrons. The molecule has 0 bridgehead atoms. The molecule has 0 aliphatic heterocycles. The summed E-state index contributed by atoms with van der Waals surface area (Å²) in [7, 11) is 0. The van der Waals surface area contributed by atoms with E-state index < -0.39 is 0 Å². The van der Waals surface area contributed by atoms with E-state index in [1.54, 1.807) is 0 Å². The summed E-state index contributed by atoms with van der Waals surface area (Å²) in [4.78, 5) is 12.6. The van der Waals surface area contributed by atoms with Crippen LogP contribution in [-0.2, 0) is 19.4 Å². The zero-order chi connectivity index (χ0) is 15.6. The molecule has 0 amide bonds. The zero-order valence-corrected chi connectivity index (χ0v) is 14.6. The lowest BCUT2D eigenvalue weighted by atomic mass is 9.99. The van der Waals surface area contributed by atoms with Crippen molar-refractivity contribution in [2.45, 2.75) is 47.1 Å². The normalized spacial score (nSPS) is 10.9. The van der Waals surface area contributed by atoms with Gasteiger partial charge in [0.15, 0.2) is 5.78 Å². The molecule has 0 N–H and O–H groups in total. The largest absolute Gasteiger partial charge is 0.294 e. The van der Waals surface area contributed by atoms with E-state index >= 15 is 0 Å². The fraction of sp³-hybridized carbons (Fsp3) is 0.412. The third kappa shape index (κ3) is 3.26. The van der Waals surface area contributed by atoms with Crippen LogP contribution in [0.3, 0.4) is 0 Å². The molecule has 0 fully saturated rings. The van der Waals surface area contributed by atoms with Gasteiger partial charge in [-0.3, -0.25) is 9.48 Å². The summed E-state index contributed by atoms with van der Waals surface area (Å²) in [6, 6.07) is 5.97. The van der Waals surface area contributed by atoms with Crippen LogP contribution < -0.4 is 0 Å². The third-order valence-electron chi connectivity index (χ3n) is 3.70. The minimum atomic E-state index is 0.144. The topological polar surface area (TPSA) is 34.9 Å². The predicted octanol–water partition coefficient (Wildman–Crippen LogP) is 4.27. The van der Waals surface area contributed by atoms with Crippen molar-refractivity contribution in [1.29, 1.82) is 0 Å². The third-order valence-corrected chi connectivity index (χ3v) is 4.62. The lowest BCUT2D eigenvalue weighted by Crippen LogP contribution is -2.11. The molecule has 0 saturated carbocycles. The summed E-state index contributed by atoms with van der Waals surface area (Å²) < 4.78 is 2.90. The van der Waals surface area contributed by atoms with Gasteiger partial charge >= 0.3 is 0 Å². The molecular weight excluding hydrogens is 328 g/mol. The molecule has 3 nitrogen and oxygen atoms in total. The van der Waals surface area contributed by atoms with Crippen molar-refractivity contribution in [3.63, 3.8) is 0 Å². The first-order valence-electron chi connectivity index (χ1n) is 7.32. The highest BCUT2D eigenvalue weighted by Crippen LogP contribution is 2.24. The molecule has 0 aliphatic carbocycles. The summed E-state index contributed by atoms with van der Waals surface area (Å²) in [5.74, 6) is 0.144. The first-order chi connectivity index (χ1) is 9.97. The van der Waals surface area contributed by atoms with Crippen LogP contribution in [0.2, 0.25) is 0 Å². The Morgan fingerprint density at radius 1 is 1.29 bits per heavy atom. The van der Waals surface area contributed by atoms with Crippen LogP contribution in [0, 0.1) is 13.8 Å². The van der Waals surface area contributed by atoms with Crippen molar-refractivity contribution in [3.05, 3.63) is 50.8 Å². The van der Waals surface area contributed by atoms with Gasteiger partial charge in [-0.1, -0.05) is 30.7 Å². The van der Waals surface area contributed by atoms with Gasteiger partial charge in [-0.15, -0.1) is 0 Å². The Labute approximate surface area is 134 Å². The van der Waals surface area contributed by atoms with Crippen molar-refractivity contribution in [2.75, 3.05) is 0 Å². The summed E-state index contributed by atoms with van der Waals surface area (Å²) in [6.45, 7) is 8.92. The molecule has 2 rings (SSSR count). The maximum Gasteiger partial charge on any atom is 0.169 e. The molecular formula is C17H21BrN2O. The molecule has 21 heavy (non-hydrogen) atoms. The Kier molecular flexibility index (Phi) is 4.99. The number of aryl methyl sites for hydroxylation is 4. The number of carbonyl (C=O) groups excluding carboxylic acids is 1. The molecule has 1 heterocycles. The number of nitrogens with zero attached hydrogens (tertiary/aromatic N) is 2. The quantitative estimate of drug-likeness (QED) is 0.756. The van der Waals surface area contributed by atoms with Crippen LogP contribution in [-0.4, -0.2) is 15.6 Å². The minimum absolute atomic E-state index is 0.144. The van der Waals surface area contributed by atoms with Gasteiger partial charge in [0, 0.05) is 12.1 Å². The van der Waals surface area contributed by atoms with Crippen molar-refractivity contribution in [2.24, 2.45) is 0 Å². The SMILES string of the molecule is CCc1nn(CC)c(CC(=O)c2ccc(C)cc2C)c1Br. The lowest BCUT2D eigenvalue weighted by Gasteiger charge is -2.08. The van der Waals surface area contributed by atoms with E-state index in [9.17, 15) is 4.79 Å². The smallest absolute Gasteiger partial charge is 0.169 e. The van der Waals surface area contributed by atoms with Crippen LogP contribution >= 0.6 is 15.9 Å². The molecule has 0 aliphatic rings. The van der Waals surface area contributed by atoms with E-state index in [1.165, 1.54) is 5.56 Å². The minimum Gasteiger partial charge on any atom is -0.294 e. The average Bonchev–Trinajstić information content (AvgIpc) is 2.75. The molecule has 0 radical (unpaired) electrons. The number of rotatable bonds is 5. The van der Waals surface area contributed by atoms with Gasteiger partial charge < -0.3 is 0 Å². The number of aromatic nitrogens is 2. The van der Waals surface area contributed by atoms with Crippen LogP contribution in [0.25, 0.3) is 0 Å². The van der Waals surface area contributed by atoms with Crippen molar-refractivity contribution in [1.82, 2.24) is 9.78 Å². The van der Waals surface area contributed by atoms with Crippen LogP contribution in [0.4, 0.5) is 0 Å². The average molecular weight is 349 g/mol. The van der Waals surface area contributed by atoms with Gasteiger partial charge in [-0.05, 0) is 48.7 Å². The van der Waals surface area contributed by atoms with E-state index in [0.29, 0.717) is 6.42 Å². The Hall–Kier alpha value is -1.42. The Morgan fingerprint density at radius 2 is 2.00 bits per heavy atom. The molecule has 0 saturated heterocycles. The van der Waals surface area contributed by atoms with Crippen LogP contribution in [0.5, 0.6) is 0 Å². The first kappa shape index (κ1) is 16.0. The van der Waals surface area contributed by atoms with Gasteiger partial charge in [-0.2, -0.15) is 5.10 Å². The van der Waals surface area contributed by atoms with E-state index in [2.05, 4.69) is 34.0 Å². The fourth-order valence-corrected chi connectivity index (χ4v) is 3.26. The number of benzene rings is 1. The zero-order valence-electron chi connectivity index (χ0n) is 13.0. The standard InChI is InChI=1S/C17H21BrN2O/c1-5-14-17(18)15(20(6-2)19-14)10-16(21)13-8-7-11(3)9-12(13)4/h7-9H,5-6,10H2,1-4H3. The number of Topliss-reactive ketones (excluding diaryl/α,β-unsaturated/α-hetero) is 1. The van der Waals surface area contributed by atoms with Gasteiger partial charge in [0.2, 0.25) is 0 Å². The molecule has 1 aromatic carbocycles. The lowest BCUT2D eigenvalue weighted by molar-refractivity contribution is 0.0990. The molecule has 1 aromatic heterocycles. The highest BCUT2D eigenvalue weighted by atomic mass is 79.9. The fourth-order valence-electron chi connectivity index (χ4n) is 2.56. The van der Waals surface area contributed by atoms with Gasteiger partial charge in [0.1, 0.15) is 0 Å². The van der Waals surface area contributed by atoms with E-state index in [4.69, 9.17) is 0 Å². The Bertz CT molecular complexity index is 674. The number of ketones is 1. The maximum absolute atomic E-state index is 12.6. The molecule has 0 atom stereocenters. The van der Waals surface area contributed by atoms with E-state index in [1.807, 2.05) is 37.6 Å². The molecule has 2 aromatic rings. The van der Waals surface area contributed by atoms with Gasteiger partial charge in [0.05, 0.1) is 22.3 Å². The molecule has 4 heteroatoms. The second-order valence-electron chi connectivity index (χ2n) is 5.30. The van der Waals surface area contributed by atoms with Gasteiger partial charge in [-0.25, -0.2) is 0 Å². The highest BCUT2D eigenvalue weighted by molar-refractivity contribution is 9.10. The summed E-state index contributed by atoms with van der Waals surface area (Å²) in [6.07, 6.45) is 1.24. The second kappa shape index (κ2) is 6.56. The van der Waals surface area contributed by atoms with Crippen LogP contribution in [0.1, 0.15) is 46.7 Å². The van der Waals surface area contributed by atoms with Gasteiger partial charge in [0.25, 0.3) is 0 Å². The molecule has 0 unspecified atom stereocenters. The Balaban J connectivity index is 2.33. The summed E-state index contributed by atoms with van der Waals surface area (Å²) in [5.41, 5.74) is 5.00. The number of hydrogen-bond acceptors (Lipinski definition) is 2. The Morgan fingerprint density at radius 3 is 2.57 bits per heavy atom. The maximum atomic E-state index is 12.6. The van der Waals surface area contributed by atoms with E-state index in [-0.39, 0.29) is 5.78 Å². The highest BCUT2D eigenvalue weighted by Gasteiger charge is 2.18. The monoisotopic (exact) mass is 348 g/mol. The second-order valence-corrected chi connectivity index (χ2v) is 6.09. The predicted molar refractivity (Wildman–Crippen MR) is 88.9 cm³/mol.